The van der Waals surface area contributed by atoms with E-state index in [-0.39, 0.29) is 10.9 Å². The Kier molecular flexibility index (Phi) is 7.48. The van der Waals surface area contributed by atoms with Crippen molar-refractivity contribution in [3.8, 4) is 0 Å². The van der Waals surface area contributed by atoms with Crippen LogP contribution < -0.4 is 0 Å². The summed E-state index contributed by atoms with van der Waals surface area (Å²) in [6.07, 6.45) is 10.4. The first-order chi connectivity index (χ1) is 10.3. The third-order valence-corrected chi connectivity index (χ3v) is 6.42. The lowest BCUT2D eigenvalue weighted by Crippen LogP contribution is -2.41. The zero-order chi connectivity index (χ0) is 15.0. The molecule has 118 valence electrons. The number of hydrogen-bond acceptors (Lipinski definition) is 3. The summed E-state index contributed by atoms with van der Waals surface area (Å²) < 4.78 is 0.0422. The average molecular weight is 325 g/mol. The first-order valence-corrected chi connectivity index (χ1v) is 9.75. The molecule has 1 aliphatic rings. The van der Waals surface area contributed by atoms with Gasteiger partial charge in [-0.05, 0) is 43.6 Å². The fourth-order valence-electron chi connectivity index (χ4n) is 3.27. The molecular formula is C18H28OS2. The monoisotopic (exact) mass is 324 g/mol. The van der Waals surface area contributed by atoms with Crippen LogP contribution in [0.15, 0.2) is 35.2 Å². The second-order valence-corrected chi connectivity index (χ2v) is 8.07. The van der Waals surface area contributed by atoms with Gasteiger partial charge in [0.1, 0.15) is 0 Å². The zero-order valence-corrected chi connectivity index (χ0v) is 14.5. The molecule has 1 aliphatic carbocycles. The Morgan fingerprint density at radius 3 is 2.43 bits per heavy atom. The van der Waals surface area contributed by atoms with Gasteiger partial charge in [-0.1, -0.05) is 50.3 Å². The summed E-state index contributed by atoms with van der Waals surface area (Å²) in [5.74, 6) is 0.958. The van der Waals surface area contributed by atoms with Gasteiger partial charge in [0.2, 0.25) is 0 Å². The van der Waals surface area contributed by atoms with E-state index in [1.54, 1.807) is 0 Å². The first-order valence-electron chi connectivity index (χ1n) is 8.30. The number of unbranched alkanes of at least 4 members (excludes halogenated alkanes) is 2. The number of hydrogen-bond donors (Lipinski definition) is 2. The van der Waals surface area contributed by atoms with E-state index in [2.05, 4.69) is 43.0 Å². The van der Waals surface area contributed by atoms with Crippen molar-refractivity contribution in [2.75, 3.05) is 5.75 Å². The summed E-state index contributed by atoms with van der Waals surface area (Å²) >= 11 is 6.18. The Labute approximate surface area is 139 Å². The molecule has 2 rings (SSSR count). The van der Waals surface area contributed by atoms with Crippen LogP contribution in [0.4, 0.5) is 0 Å². The lowest BCUT2D eigenvalue weighted by atomic mass is 9.82. The number of benzene rings is 1. The summed E-state index contributed by atoms with van der Waals surface area (Å²) in [7, 11) is 0. The molecule has 1 N–H and O–H groups in total. The quantitative estimate of drug-likeness (QED) is 0.498. The highest BCUT2D eigenvalue weighted by Crippen LogP contribution is 2.47. The van der Waals surface area contributed by atoms with E-state index in [4.69, 9.17) is 0 Å². The van der Waals surface area contributed by atoms with Gasteiger partial charge in [-0.2, -0.15) is 12.6 Å². The second-order valence-electron chi connectivity index (χ2n) is 6.13. The minimum absolute atomic E-state index is 0.0422. The third kappa shape index (κ3) is 5.22. The van der Waals surface area contributed by atoms with Crippen LogP contribution in [0.5, 0.6) is 0 Å². The average Bonchev–Trinajstić information content (AvgIpc) is 2.53. The molecule has 1 aromatic rings. The standard InChI is InChI=1S/C18H28OS2/c19-17(12-6-2-9-15-20)18(13-7-3-8-14-18)21-16-10-4-1-5-11-16/h1,4-5,10-11,17,19-20H,2-3,6-9,12-15H2. The Morgan fingerprint density at radius 2 is 1.76 bits per heavy atom. The van der Waals surface area contributed by atoms with E-state index in [0.29, 0.717) is 0 Å². The van der Waals surface area contributed by atoms with Crippen molar-refractivity contribution in [3.63, 3.8) is 0 Å². The normalized spacial score (nSPS) is 19.3. The van der Waals surface area contributed by atoms with E-state index in [1.165, 1.54) is 30.6 Å². The number of aliphatic hydroxyl groups is 1. The molecule has 1 atom stereocenters. The van der Waals surface area contributed by atoms with E-state index in [9.17, 15) is 5.11 Å². The molecule has 0 heterocycles. The lowest BCUT2D eigenvalue weighted by molar-refractivity contribution is 0.0958. The van der Waals surface area contributed by atoms with E-state index in [0.717, 1.165) is 37.9 Å². The highest BCUT2D eigenvalue weighted by Gasteiger charge is 2.39. The van der Waals surface area contributed by atoms with Crippen LogP contribution in [0.3, 0.4) is 0 Å². The summed E-state index contributed by atoms with van der Waals surface area (Å²) in [4.78, 5) is 1.30. The van der Waals surface area contributed by atoms with Crippen LogP contribution in [0, 0.1) is 0 Å². The van der Waals surface area contributed by atoms with Crippen molar-refractivity contribution in [2.24, 2.45) is 0 Å². The van der Waals surface area contributed by atoms with Crippen LogP contribution in [-0.4, -0.2) is 21.7 Å². The van der Waals surface area contributed by atoms with Gasteiger partial charge in [0.05, 0.1) is 6.10 Å². The van der Waals surface area contributed by atoms with Gasteiger partial charge in [-0.3, -0.25) is 0 Å². The number of aliphatic hydroxyl groups excluding tert-OH is 1. The molecular weight excluding hydrogens is 296 g/mol. The van der Waals surface area contributed by atoms with Crippen LogP contribution in [-0.2, 0) is 0 Å². The molecule has 1 nitrogen and oxygen atoms in total. The van der Waals surface area contributed by atoms with Gasteiger partial charge >= 0.3 is 0 Å². The van der Waals surface area contributed by atoms with Crippen molar-refractivity contribution >= 4 is 24.4 Å². The van der Waals surface area contributed by atoms with Crippen molar-refractivity contribution < 1.29 is 5.11 Å². The molecule has 0 bridgehead atoms. The first kappa shape index (κ1) is 17.2. The van der Waals surface area contributed by atoms with Crippen molar-refractivity contribution in [1.82, 2.24) is 0 Å². The largest absolute Gasteiger partial charge is 0.392 e. The Bertz CT molecular complexity index is 387. The van der Waals surface area contributed by atoms with E-state index >= 15 is 0 Å². The van der Waals surface area contributed by atoms with Gasteiger partial charge in [0.15, 0.2) is 0 Å². The molecule has 0 aromatic heterocycles. The molecule has 0 aliphatic heterocycles. The summed E-state index contributed by atoms with van der Waals surface area (Å²) in [5.41, 5.74) is 0. The fraction of sp³-hybridized carbons (Fsp3) is 0.667. The second kappa shape index (κ2) is 9.12. The predicted molar refractivity (Wildman–Crippen MR) is 96.4 cm³/mol. The number of thioether (sulfide) groups is 1. The molecule has 1 unspecified atom stereocenters. The topological polar surface area (TPSA) is 20.2 Å². The third-order valence-electron chi connectivity index (χ3n) is 4.51. The minimum atomic E-state index is -0.178. The molecule has 21 heavy (non-hydrogen) atoms. The maximum Gasteiger partial charge on any atom is 0.0690 e. The van der Waals surface area contributed by atoms with Gasteiger partial charge in [-0.25, -0.2) is 0 Å². The van der Waals surface area contributed by atoms with Crippen LogP contribution >= 0.6 is 24.4 Å². The Hall–Kier alpha value is -0.120. The molecule has 1 saturated carbocycles. The van der Waals surface area contributed by atoms with Crippen molar-refractivity contribution in [1.29, 1.82) is 0 Å². The minimum Gasteiger partial charge on any atom is -0.392 e. The van der Waals surface area contributed by atoms with Gasteiger partial charge in [-0.15, -0.1) is 11.8 Å². The van der Waals surface area contributed by atoms with E-state index < -0.39 is 0 Å². The Morgan fingerprint density at radius 1 is 1.05 bits per heavy atom. The van der Waals surface area contributed by atoms with Crippen LogP contribution in [0.2, 0.25) is 0 Å². The SMILES string of the molecule is OC(CCCCCS)C1(Sc2ccccc2)CCCCC1. The van der Waals surface area contributed by atoms with Gasteiger partial charge < -0.3 is 5.11 Å². The molecule has 0 radical (unpaired) electrons. The van der Waals surface area contributed by atoms with Crippen LogP contribution in [0.1, 0.15) is 57.8 Å². The number of thiol groups is 1. The smallest absolute Gasteiger partial charge is 0.0690 e. The van der Waals surface area contributed by atoms with Gasteiger partial charge in [0, 0.05) is 9.64 Å². The summed E-state index contributed by atoms with van der Waals surface area (Å²) in [5, 5.41) is 10.8. The zero-order valence-electron chi connectivity index (χ0n) is 12.8. The summed E-state index contributed by atoms with van der Waals surface area (Å²) in [6.45, 7) is 0. The molecule has 1 fully saturated rings. The maximum absolute atomic E-state index is 10.8. The van der Waals surface area contributed by atoms with Crippen molar-refractivity contribution in [2.45, 2.75) is 73.5 Å². The van der Waals surface area contributed by atoms with Gasteiger partial charge in [0.25, 0.3) is 0 Å². The number of rotatable bonds is 8. The molecule has 1 aromatic carbocycles. The van der Waals surface area contributed by atoms with Crippen molar-refractivity contribution in [3.05, 3.63) is 30.3 Å². The summed E-state index contributed by atoms with van der Waals surface area (Å²) in [6, 6.07) is 10.6. The maximum atomic E-state index is 10.8. The molecule has 0 amide bonds. The van der Waals surface area contributed by atoms with E-state index in [1.807, 2.05) is 11.8 Å². The fourth-order valence-corrected chi connectivity index (χ4v) is 5.00. The lowest BCUT2D eigenvalue weighted by Gasteiger charge is -2.41. The molecule has 0 saturated heterocycles. The predicted octanol–water partition coefficient (Wildman–Crippen LogP) is 5.33. The molecule has 3 heteroatoms. The Balaban J connectivity index is 1.98. The highest BCUT2D eigenvalue weighted by atomic mass is 32.2. The highest BCUT2D eigenvalue weighted by molar-refractivity contribution is 8.00. The van der Waals surface area contributed by atoms with Crippen LogP contribution in [0.25, 0.3) is 0 Å². The molecule has 0 spiro atoms.